The Kier molecular flexibility index (Phi) is 7.60. The van der Waals surface area contributed by atoms with Crippen molar-refractivity contribution in [1.29, 1.82) is 0 Å². The van der Waals surface area contributed by atoms with Crippen LogP contribution in [-0.2, 0) is 24.1 Å². The minimum Gasteiger partial charge on any atom is -0.391 e. The average Bonchev–Trinajstić information content (AvgIpc) is 3.21. The Hall–Kier alpha value is -3.05. The Morgan fingerprint density at radius 2 is 1.92 bits per heavy atom. The van der Waals surface area contributed by atoms with Gasteiger partial charge in [0.1, 0.15) is 12.1 Å². The fraction of sp³-hybridized carbons (Fsp3) is 0.520. The van der Waals surface area contributed by atoms with Crippen molar-refractivity contribution in [2.45, 2.75) is 58.6 Å². The highest BCUT2D eigenvalue weighted by Gasteiger charge is 2.31. The molecule has 0 amide bonds. The van der Waals surface area contributed by atoms with Crippen molar-refractivity contribution in [3.8, 4) is 0 Å². The number of rotatable bonds is 8. The molecule has 0 spiro atoms. The Bertz CT molecular complexity index is 1190. The van der Waals surface area contributed by atoms with Gasteiger partial charge in [0, 0.05) is 31.6 Å². The van der Waals surface area contributed by atoms with Crippen LogP contribution in [0.25, 0.3) is 11.2 Å². The van der Waals surface area contributed by atoms with E-state index in [0.29, 0.717) is 43.2 Å². The van der Waals surface area contributed by atoms with Gasteiger partial charge in [-0.3, -0.25) is 9.69 Å². The third kappa shape index (κ3) is 5.84. The minimum absolute atomic E-state index is 0.00243. The minimum atomic E-state index is -4.38. The number of alkyl halides is 3. The maximum Gasteiger partial charge on any atom is 0.416 e. The van der Waals surface area contributed by atoms with Crippen LogP contribution in [0.2, 0.25) is 0 Å². The lowest BCUT2D eigenvalue weighted by molar-refractivity contribution is -0.137. The third-order valence-corrected chi connectivity index (χ3v) is 6.59. The number of hydrogen-bond acceptors (Lipinski definition) is 7. The van der Waals surface area contributed by atoms with Crippen LogP contribution in [0.5, 0.6) is 0 Å². The van der Waals surface area contributed by atoms with Gasteiger partial charge in [-0.25, -0.2) is 15.0 Å². The van der Waals surface area contributed by atoms with E-state index < -0.39 is 17.8 Å². The second-order valence-corrected chi connectivity index (χ2v) is 9.74. The molecule has 0 saturated carbocycles. The summed E-state index contributed by atoms with van der Waals surface area (Å²) < 4.78 is 40.7. The molecule has 8 nitrogen and oxygen atoms in total. The summed E-state index contributed by atoms with van der Waals surface area (Å²) in [5.74, 6) is 0.680. The summed E-state index contributed by atoms with van der Waals surface area (Å²) in [6.07, 6.45) is -1.04. The zero-order chi connectivity index (χ0) is 26.0. The van der Waals surface area contributed by atoms with Crippen molar-refractivity contribution in [3.05, 3.63) is 48.0 Å². The molecule has 1 aliphatic heterocycles. The predicted molar refractivity (Wildman–Crippen MR) is 129 cm³/mol. The normalized spacial score (nSPS) is 19.2. The number of β-amino-alcohol motifs (C(OH)–C–C–N with tert-alkyl or cyclic N) is 1. The molecule has 1 aliphatic rings. The quantitative estimate of drug-likeness (QED) is 0.502. The number of hydrogen-bond donors (Lipinski definition) is 1. The zero-order valence-corrected chi connectivity index (χ0v) is 20.6. The number of carbonyl (C=O) groups excluding carboxylic acids is 1. The Balaban J connectivity index is 1.54. The third-order valence-electron chi connectivity index (χ3n) is 6.59. The highest BCUT2D eigenvalue weighted by molar-refractivity contribution is 5.83. The van der Waals surface area contributed by atoms with E-state index in [1.165, 1.54) is 18.5 Å². The molecule has 1 N–H and O–H groups in total. The number of anilines is 1. The topological polar surface area (TPSA) is 87.4 Å². The summed E-state index contributed by atoms with van der Waals surface area (Å²) in [4.78, 5) is 28.8. The van der Waals surface area contributed by atoms with E-state index in [4.69, 9.17) is 0 Å². The second kappa shape index (κ2) is 10.5. The summed E-state index contributed by atoms with van der Waals surface area (Å²) in [5, 5.41) is 10.7. The molecular formula is C25H31F3N6O2. The Morgan fingerprint density at radius 3 is 2.53 bits per heavy atom. The van der Waals surface area contributed by atoms with Gasteiger partial charge in [0.15, 0.2) is 17.0 Å². The molecule has 194 valence electrons. The Morgan fingerprint density at radius 1 is 1.19 bits per heavy atom. The Labute approximate surface area is 207 Å². The van der Waals surface area contributed by atoms with Gasteiger partial charge in [-0.05, 0) is 51.4 Å². The van der Waals surface area contributed by atoms with E-state index in [9.17, 15) is 23.1 Å². The summed E-state index contributed by atoms with van der Waals surface area (Å²) >= 11 is 0. The van der Waals surface area contributed by atoms with Crippen molar-refractivity contribution in [2.24, 2.45) is 5.92 Å². The van der Waals surface area contributed by atoms with Crippen molar-refractivity contribution in [2.75, 3.05) is 24.5 Å². The van der Waals surface area contributed by atoms with Gasteiger partial charge in [-0.15, -0.1) is 0 Å². The number of benzene rings is 1. The molecule has 2 aromatic heterocycles. The smallest absolute Gasteiger partial charge is 0.391 e. The van der Waals surface area contributed by atoms with E-state index in [0.717, 1.165) is 30.7 Å². The molecule has 4 rings (SSSR count). The van der Waals surface area contributed by atoms with Crippen LogP contribution in [-0.4, -0.2) is 67.1 Å². The van der Waals surface area contributed by atoms with Gasteiger partial charge in [0.05, 0.1) is 24.5 Å². The van der Waals surface area contributed by atoms with Gasteiger partial charge < -0.3 is 14.6 Å². The van der Waals surface area contributed by atoms with E-state index in [2.05, 4.69) is 15.0 Å². The molecule has 0 aliphatic carbocycles. The molecule has 36 heavy (non-hydrogen) atoms. The van der Waals surface area contributed by atoms with Gasteiger partial charge >= 0.3 is 6.18 Å². The molecule has 2 atom stereocenters. The fourth-order valence-electron chi connectivity index (χ4n) is 4.68. The second-order valence-electron chi connectivity index (χ2n) is 9.74. The number of ketones is 1. The standard InChI is InChI=1S/C25H31F3N6O2/c1-16(2)34(11-18-4-6-20(7-5-18)25(26,27)28)24-22-23(29-14-30-24)33(15-31-22)12-19-8-9-32(10-17(3)35)13-21(19)36/h4-7,14-16,19,21,36H,8-13H2,1-3H3. The lowest BCUT2D eigenvalue weighted by Crippen LogP contribution is -2.46. The number of fused-ring (bicyclic) bond motifs is 1. The average molecular weight is 505 g/mol. The SMILES string of the molecule is CC(=O)CN1CCC(Cn2cnc3c(N(Cc4ccc(C(F)(F)F)cc4)C(C)C)ncnc32)C(O)C1. The van der Waals surface area contributed by atoms with E-state index in [1.54, 1.807) is 13.3 Å². The van der Waals surface area contributed by atoms with E-state index >= 15 is 0 Å². The zero-order valence-electron chi connectivity index (χ0n) is 20.6. The first-order valence-electron chi connectivity index (χ1n) is 12.0. The van der Waals surface area contributed by atoms with Crippen LogP contribution >= 0.6 is 0 Å². The van der Waals surface area contributed by atoms with Crippen LogP contribution in [0.15, 0.2) is 36.9 Å². The number of Topliss-reactive ketones (excluding diaryl/α,β-unsaturated/α-hetero) is 1. The molecule has 3 heterocycles. The van der Waals surface area contributed by atoms with Crippen LogP contribution in [0.4, 0.5) is 19.0 Å². The van der Waals surface area contributed by atoms with E-state index in [-0.39, 0.29) is 17.7 Å². The number of aliphatic hydroxyl groups is 1. The number of aromatic nitrogens is 4. The van der Waals surface area contributed by atoms with Crippen LogP contribution in [0.1, 0.15) is 38.3 Å². The number of carbonyl (C=O) groups is 1. The van der Waals surface area contributed by atoms with Crippen molar-refractivity contribution < 1.29 is 23.1 Å². The molecule has 1 aromatic carbocycles. The van der Waals surface area contributed by atoms with E-state index in [1.807, 2.05) is 28.2 Å². The lowest BCUT2D eigenvalue weighted by Gasteiger charge is -2.35. The van der Waals surface area contributed by atoms with Gasteiger partial charge in [-0.1, -0.05) is 12.1 Å². The first-order chi connectivity index (χ1) is 17.0. The molecular weight excluding hydrogens is 473 g/mol. The molecule has 11 heteroatoms. The largest absolute Gasteiger partial charge is 0.416 e. The lowest BCUT2D eigenvalue weighted by atomic mass is 9.93. The first kappa shape index (κ1) is 26.0. The summed E-state index contributed by atoms with van der Waals surface area (Å²) in [6, 6.07) is 5.14. The molecule has 2 unspecified atom stereocenters. The summed E-state index contributed by atoms with van der Waals surface area (Å²) in [6.45, 7) is 7.95. The fourth-order valence-corrected chi connectivity index (χ4v) is 4.68. The van der Waals surface area contributed by atoms with Gasteiger partial charge in [-0.2, -0.15) is 13.2 Å². The molecule has 1 saturated heterocycles. The molecule has 3 aromatic rings. The number of imidazole rings is 1. The van der Waals surface area contributed by atoms with Gasteiger partial charge in [0.25, 0.3) is 0 Å². The van der Waals surface area contributed by atoms with Gasteiger partial charge in [0.2, 0.25) is 0 Å². The maximum atomic E-state index is 12.9. The number of nitrogens with zero attached hydrogens (tertiary/aromatic N) is 6. The number of aliphatic hydroxyl groups excluding tert-OH is 1. The molecule has 0 radical (unpaired) electrons. The van der Waals surface area contributed by atoms with Crippen LogP contribution < -0.4 is 4.90 Å². The van der Waals surface area contributed by atoms with Crippen molar-refractivity contribution in [1.82, 2.24) is 24.4 Å². The van der Waals surface area contributed by atoms with Crippen molar-refractivity contribution >= 4 is 22.8 Å². The maximum absolute atomic E-state index is 12.9. The highest BCUT2D eigenvalue weighted by Crippen LogP contribution is 2.31. The van der Waals surface area contributed by atoms with Crippen LogP contribution in [0, 0.1) is 5.92 Å². The number of piperidine rings is 1. The first-order valence-corrected chi connectivity index (χ1v) is 12.0. The monoisotopic (exact) mass is 504 g/mol. The van der Waals surface area contributed by atoms with Crippen LogP contribution in [0.3, 0.4) is 0 Å². The van der Waals surface area contributed by atoms with Crippen molar-refractivity contribution in [3.63, 3.8) is 0 Å². The molecule has 0 bridgehead atoms. The predicted octanol–water partition coefficient (Wildman–Crippen LogP) is 3.53. The molecule has 1 fully saturated rings. The number of halogens is 3. The summed E-state index contributed by atoms with van der Waals surface area (Å²) in [5.41, 5.74) is 1.28. The summed E-state index contributed by atoms with van der Waals surface area (Å²) in [7, 11) is 0. The highest BCUT2D eigenvalue weighted by atomic mass is 19.4. The number of likely N-dealkylation sites (tertiary alicyclic amines) is 1.